The highest BCUT2D eigenvalue weighted by Gasteiger charge is 2.61. The van der Waals surface area contributed by atoms with Gasteiger partial charge in [0.1, 0.15) is 0 Å². The molecule has 0 radical (unpaired) electrons. The van der Waals surface area contributed by atoms with Crippen molar-refractivity contribution in [3.8, 4) is 0 Å². The fourth-order valence-electron chi connectivity index (χ4n) is 3.97. The zero-order chi connectivity index (χ0) is 20.1. The van der Waals surface area contributed by atoms with Crippen molar-refractivity contribution in [3.63, 3.8) is 0 Å². The molecule has 1 unspecified atom stereocenters. The second kappa shape index (κ2) is 8.46. The van der Waals surface area contributed by atoms with Gasteiger partial charge in [-0.3, -0.25) is 9.59 Å². The van der Waals surface area contributed by atoms with Gasteiger partial charge in [0, 0.05) is 12.2 Å². The first-order valence-corrected chi connectivity index (χ1v) is 9.77. The lowest BCUT2D eigenvalue weighted by atomic mass is 9.76. The molecule has 0 spiro atoms. The molecule has 1 heterocycles. The number of rotatable bonds is 6. The molecule has 0 amide bonds. The Kier molecular flexibility index (Phi) is 6.02. The topological polar surface area (TPSA) is 55.8 Å². The van der Waals surface area contributed by atoms with Crippen LogP contribution in [0, 0.1) is 12.3 Å². The van der Waals surface area contributed by atoms with E-state index in [4.69, 9.17) is 9.47 Å². The first kappa shape index (κ1) is 19.9. The summed E-state index contributed by atoms with van der Waals surface area (Å²) in [5.74, 6) is -1.03. The number of carbonyl (C=O) groups excluding carboxylic acids is 2. The van der Waals surface area contributed by atoms with Gasteiger partial charge in [-0.15, -0.1) is 0 Å². The number of ether oxygens (including phenoxy) is 2. The molecule has 1 fully saturated rings. The molecule has 2 aromatic rings. The summed E-state index contributed by atoms with van der Waals surface area (Å²) in [6.45, 7) is 6.50. The second-order valence-electron chi connectivity index (χ2n) is 7.00. The zero-order valence-electron chi connectivity index (χ0n) is 16.7. The van der Waals surface area contributed by atoms with Gasteiger partial charge in [0.2, 0.25) is 0 Å². The molecule has 0 aliphatic carbocycles. The van der Waals surface area contributed by atoms with Crippen LogP contribution < -0.4 is 4.90 Å². The Morgan fingerprint density at radius 1 is 0.964 bits per heavy atom. The summed E-state index contributed by atoms with van der Waals surface area (Å²) >= 11 is 0. The fourth-order valence-corrected chi connectivity index (χ4v) is 3.97. The highest BCUT2D eigenvalue weighted by molar-refractivity contribution is 6.02. The Bertz CT molecular complexity index is 798. The molecule has 1 aliphatic rings. The quantitative estimate of drug-likeness (QED) is 0.558. The van der Waals surface area contributed by atoms with Crippen LogP contribution >= 0.6 is 0 Å². The van der Waals surface area contributed by atoms with Crippen LogP contribution in [0.15, 0.2) is 54.6 Å². The van der Waals surface area contributed by atoms with Crippen LogP contribution in [0.4, 0.5) is 5.69 Å². The van der Waals surface area contributed by atoms with E-state index in [1.807, 2.05) is 61.5 Å². The lowest BCUT2D eigenvalue weighted by Crippen LogP contribution is -2.46. The third kappa shape index (κ3) is 3.49. The van der Waals surface area contributed by atoms with Crippen molar-refractivity contribution in [1.29, 1.82) is 0 Å². The summed E-state index contributed by atoms with van der Waals surface area (Å²) in [5.41, 5.74) is 1.58. The van der Waals surface area contributed by atoms with Gasteiger partial charge in [-0.1, -0.05) is 48.0 Å². The Morgan fingerprint density at radius 3 is 2.07 bits per heavy atom. The third-order valence-electron chi connectivity index (χ3n) is 5.29. The molecule has 0 aromatic heterocycles. The SMILES string of the molecule is CCOC(=O)C1(C(=O)OCC)CCN(c2ccccc2)C1c1ccc(C)cc1. The van der Waals surface area contributed by atoms with Crippen LogP contribution in [-0.4, -0.2) is 31.7 Å². The summed E-state index contributed by atoms with van der Waals surface area (Å²) in [5, 5.41) is 0. The summed E-state index contributed by atoms with van der Waals surface area (Å²) in [6.07, 6.45) is 0.345. The van der Waals surface area contributed by atoms with Gasteiger partial charge in [0.05, 0.1) is 19.3 Å². The van der Waals surface area contributed by atoms with E-state index >= 15 is 0 Å². The number of hydrogen-bond donors (Lipinski definition) is 0. The molecule has 0 bridgehead atoms. The van der Waals surface area contributed by atoms with Gasteiger partial charge < -0.3 is 14.4 Å². The van der Waals surface area contributed by atoms with E-state index in [2.05, 4.69) is 4.90 Å². The zero-order valence-corrected chi connectivity index (χ0v) is 16.7. The number of anilines is 1. The summed E-state index contributed by atoms with van der Waals surface area (Å²) in [7, 11) is 0. The van der Waals surface area contributed by atoms with Gasteiger partial charge in [0.25, 0.3) is 0 Å². The van der Waals surface area contributed by atoms with Crippen molar-refractivity contribution >= 4 is 17.6 Å². The first-order valence-electron chi connectivity index (χ1n) is 9.77. The number of benzene rings is 2. The maximum Gasteiger partial charge on any atom is 0.326 e. The lowest BCUT2D eigenvalue weighted by Gasteiger charge is -2.35. The molecule has 1 atom stereocenters. The molecular formula is C23H27NO4. The summed E-state index contributed by atoms with van der Waals surface area (Å²) in [4.78, 5) is 28.4. The lowest BCUT2D eigenvalue weighted by molar-refractivity contribution is -0.172. The Hall–Kier alpha value is -2.82. The number of aryl methyl sites for hydroxylation is 1. The minimum atomic E-state index is -1.39. The van der Waals surface area contributed by atoms with E-state index in [-0.39, 0.29) is 13.2 Å². The maximum atomic E-state index is 13.2. The highest BCUT2D eigenvalue weighted by Crippen LogP contribution is 2.50. The standard InChI is InChI=1S/C23H27NO4/c1-4-27-21(25)23(22(26)28-5-2)15-16-24(19-9-7-6-8-10-19)20(23)18-13-11-17(3)12-14-18/h6-14,20H,4-5,15-16H2,1-3H3. The van der Waals surface area contributed by atoms with Crippen molar-refractivity contribution < 1.29 is 19.1 Å². The molecular weight excluding hydrogens is 354 g/mol. The molecule has 28 heavy (non-hydrogen) atoms. The van der Waals surface area contributed by atoms with Gasteiger partial charge >= 0.3 is 11.9 Å². The molecule has 1 aliphatic heterocycles. The second-order valence-corrected chi connectivity index (χ2v) is 7.00. The Morgan fingerprint density at radius 2 is 1.54 bits per heavy atom. The van der Waals surface area contributed by atoms with E-state index in [0.29, 0.717) is 13.0 Å². The largest absolute Gasteiger partial charge is 0.465 e. The molecule has 5 nitrogen and oxygen atoms in total. The van der Waals surface area contributed by atoms with E-state index in [1.54, 1.807) is 13.8 Å². The minimum absolute atomic E-state index is 0.214. The van der Waals surface area contributed by atoms with E-state index in [1.165, 1.54) is 0 Å². The van der Waals surface area contributed by atoms with Crippen molar-refractivity contribution in [2.45, 2.75) is 33.2 Å². The van der Waals surface area contributed by atoms with Gasteiger partial charge in [-0.2, -0.15) is 0 Å². The summed E-state index contributed by atoms with van der Waals surface area (Å²) < 4.78 is 10.8. The monoisotopic (exact) mass is 381 g/mol. The van der Waals surface area contributed by atoms with Crippen LogP contribution in [0.2, 0.25) is 0 Å². The number of carbonyl (C=O) groups is 2. The molecule has 2 aromatic carbocycles. The van der Waals surface area contributed by atoms with Crippen molar-refractivity contribution in [1.82, 2.24) is 0 Å². The predicted molar refractivity (Wildman–Crippen MR) is 108 cm³/mol. The molecule has 1 saturated heterocycles. The first-order chi connectivity index (χ1) is 13.5. The van der Waals surface area contributed by atoms with Gasteiger partial charge in [-0.05, 0) is 44.9 Å². The normalized spacial score (nSPS) is 18.0. The fraction of sp³-hybridized carbons (Fsp3) is 0.391. The molecule has 5 heteroatoms. The van der Waals surface area contributed by atoms with Crippen molar-refractivity contribution in [3.05, 3.63) is 65.7 Å². The maximum absolute atomic E-state index is 13.2. The number of nitrogens with zero attached hydrogens (tertiary/aromatic N) is 1. The third-order valence-corrected chi connectivity index (χ3v) is 5.29. The van der Waals surface area contributed by atoms with Crippen LogP contribution in [0.25, 0.3) is 0 Å². The Balaban J connectivity index is 2.16. The minimum Gasteiger partial charge on any atom is -0.465 e. The number of para-hydroxylation sites is 1. The highest BCUT2D eigenvalue weighted by atomic mass is 16.6. The average Bonchev–Trinajstić information content (AvgIpc) is 3.11. The van der Waals surface area contributed by atoms with Crippen LogP contribution in [-0.2, 0) is 19.1 Å². The molecule has 0 saturated carbocycles. The van der Waals surface area contributed by atoms with E-state index < -0.39 is 23.4 Å². The Labute approximate surface area is 166 Å². The predicted octanol–water partition coefficient (Wildman–Crippen LogP) is 4.06. The van der Waals surface area contributed by atoms with E-state index in [9.17, 15) is 9.59 Å². The van der Waals surface area contributed by atoms with Crippen LogP contribution in [0.5, 0.6) is 0 Å². The number of hydrogen-bond acceptors (Lipinski definition) is 5. The van der Waals surface area contributed by atoms with Crippen molar-refractivity contribution in [2.75, 3.05) is 24.7 Å². The van der Waals surface area contributed by atoms with E-state index in [0.717, 1.165) is 16.8 Å². The van der Waals surface area contributed by atoms with Gasteiger partial charge in [-0.25, -0.2) is 0 Å². The van der Waals surface area contributed by atoms with Crippen molar-refractivity contribution in [2.24, 2.45) is 5.41 Å². The average molecular weight is 381 g/mol. The molecule has 0 N–H and O–H groups in total. The summed E-state index contributed by atoms with van der Waals surface area (Å²) in [6, 6.07) is 17.3. The van der Waals surface area contributed by atoms with Crippen LogP contribution in [0.3, 0.4) is 0 Å². The molecule has 3 rings (SSSR count). The van der Waals surface area contributed by atoms with Gasteiger partial charge in [0.15, 0.2) is 5.41 Å². The smallest absolute Gasteiger partial charge is 0.326 e. The van der Waals surface area contributed by atoms with Crippen LogP contribution in [0.1, 0.15) is 37.4 Å². The number of esters is 2. The molecule has 148 valence electrons.